The first-order valence-corrected chi connectivity index (χ1v) is 7.91. The van der Waals surface area contributed by atoms with Crippen molar-refractivity contribution in [3.63, 3.8) is 0 Å². The predicted molar refractivity (Wildman–Crippen MR) is 89.1 cm³/mol. The van der Waals surface area contributed by atoms with Crippen LogP contribution in [0.25, 0.3) is 0 Å². The lowest BCUT2D eigenvalue weighted by atomic mass is 9.99. The van der Waals surface area contributed by atoms with E-state index in [1.54, 1.807) is 0 Å². The molecule has 0 aliphatic heterocycles. The molecule has 1 aromatic carbocycles. The van der Waals surface area contributed by atoms with E-state index in [0.29, 0.717) is 12.5 Å². The molecular formula is C17H25N3O3. The maximum absolute atomic E-state index is 12.3. The van der Waals surface area contributed by atoms with Gasteiger partial charge in [0.1, 0.15) is 0 Å². The number of hydrogen-bond donors (Lipinski definition) is 3. The molecule has 0 spiro atoms. The van der Waals surface area contributed by atoms with Crippen molar-refractivity contribution in [2.45, 2.75) is 39.5 Å². The molecule has 126 valence electrons. The van der Waals surface area contributed by atoms with Gasteiger partial charge in [-0.25, -0.2) is 0 Å². The molecule has 5 N–H and O–H groups in total. The van der Waals surface area contributed by atoms with Crippen LogP contribution >= 0.6 is 0 Å². The molecule has 0 bridgehead atoms. The second kappa shape index (κ2) is 8.92. The van der Waals surface area contributed by atoms with Crippen LogP contribution < -0.4 is 16.8 Å². The number of rotatable bonds is 9. The molecular weight excluding hydrogens is 294 g/mol. The number of carbonyl (C=O) groups excluding carboxylic acids is 3. The van der Waals surface area contributed by atoms with Crippen LogP contribution in [0.15, 0.2) is 18.2 Å². The first-order chi connectivity index (χ1) is 10.9. The van der Waals surface area contributed by atoms with Crippen molar-refractivity contribution in [2.75, 3.05) is 6.54 Å². The fraction of sp³-hybridized carbons (Fsp3) is 0.471. The summed E-state index contributed by atoms with van der Waals surface area (Å²) in [6.45, 7) is 4.78. The number of nitrogens with one attached hydrogen (secondary N) is 1. The Morgan fingerprint density at radius 3 is 1.96 bits per heavy atom. The van der Waals surface area contributed by atoms with E-state index < -0.39 is 11.8 Å². The second-order valence-corrected chi connectivity index (χ2v) is 5.65. The van der Waals surface area contributed by atoms with Gasteiger partial charge < -0.3 is 16.8 Å². The van der Waals surface area contributed by atoms with Crippen molar-refractivity contribution >= 4 is 17.7 Å². The maximum atomic E-state index is 12.3. The molecule has 0 fully saturated rings. The van der Waals surface area contributed by atoms with Crippen LogP contribution in [0.4, 0.5) is 0 Å². The molecule has 0 aliphatic carbocycles. The quantitative estimate of drug-likeness (QED) is 0.644. The Kier molecular flexibility index (Phi) is 7.25. The Morgan fingerprint density at radius 1 is 1.00 bits per heavy atom. The van der Waals surface area contributed by atoms with E-state index in [9.17, 15) is 14.4 Å². The first kappa shape index (κ1) is 18.7. The number of primary amides is 2. The van der Waals surface area contributed by atoms with Crippen molar-refractivity contribution in [2.24, 2.45) is 17.4 Å². The first-order valence-electron chi connectivity index (χ1n) is 7.91. The Labute approximate surface area is 136 Å². The summed E-state index contributed by atoms with van der Waals surface area (Å²) in [5, 5.41) is 2.85. The molecule has 23 heavy (non-hydrogen) atoms. The van der Waals surface area contributed by atoms with E-state index in [4.69, 9.17) is 11.5 Å². The zero-order valence-electron chi connectivity index (χ0n) is 13.7. The van der Waals surface area contributed by atoms with Crippen LogP contribution in [0.3, 0.4) is 0 Å². The summed E-state index contributed by atoms with van der Waals surface area (Å²) in [6, 6.07) is 4.03. The summed E-state index contributed by atoms with van der Waals surface area (Å²) in [4.78, 5) is 34.9. The molecule has 0 saturated heterocycles. The van der Waals surface area contributed by atoms with E-state index in [1.165, 1.54) is 18.2 Å². The summed E-state index contributed by atoms with van der Waals surface area (Å²) in [7, 11) is 0. The Bertz CT molecular complexity index is 552. The highest BCUT2D eigenvalue weighted by Gasteiger charge is 2.15. The summed E-state index contributed by atoms with van der Waals surface area (Å²) >= 11 is 0. The van der Waals surface area contributed by atoms with Gasteiger partial charge in [-0.3, -0.25) is 14.4 Å². The molecule has 3 amide bonds. The molecule has 0 aromatic heterocycles. The lowest BCUT2D eigenvalue weighted by Crippen LogP contribution is -2.30. The van der Waals surface area contributed by atoms with Crippen molar-refractivity contribution in [1.82, 2.24) is 5.32 Å². The molecule has 6 heteroatoms. The molecule has 1 unspecified atom stereocenters. The van der Waals surface area contributed by atoms with Gasteiger partial charge in [-0.2, -0.15) is 0 Å². The van der Waals surface area contributed by atoms with Gasteiger partial charge in [-0.1, -0.05) is 33.1 Å². The molecule has 0 saturated carbocycles. The Hall–Kier alpha value is -2.37. The van der Waals surface area contributed by atoms with Crippen LogP contribution in [-0.4, -0.2) is 24.3 Å². The molecule has 6 nitrogen and oxygen atoms in total. The fourth-order valence-electron chi connectivity index (χ4n) is 2.33. The number of unbranched alkanes of at least 4 members (excludes halogenated alkanes) is 1. The van der Waals surface area contributed by atoms with Gasteiger partial charge in [0.2, 0.25) is 11.8 Å². The largest absolute Gasteiger partial charge is 0.366 e. The highest BCUT2D eigenvalue weighted by atomic mass is 16.2. The normalized spacial score (nSPS) is 11.7. The Balaban J connectivity index is 2.86. The molecule has 1 atom stereocenters. The van der Waals surface area contributed by atoms with Gasteiger partial charge in [0.25, 0.3) is 5.91 Å². The monoisotopic (exact) mass is 319 g/mol. The van der Waals surface area contributed by atoms with E-state index >= 15 is 0 Å². The van der Waals surface area contributed by atoms with Crippen LogP contribution in [0.5, 0.6) is 0 Å². The smallest absolute Gasteiger partial charge is 0.251 e. The van der Waals surface area contributed by atoms with E-state index in [-0.39, 0.29) is 22.6 Å². The van der Waals surface area contributed by atoms with Gasteiger partial charge in [0.05, 0.1) is 0 Å². The molecule has 0 aliphatic rings. The van der Waals surface area contributed by atoms with E-state index in [0.717, 1.165) is 25.7 Å². The van der Waals surface area contributed by atoms with Crippen LogP contribution in [0.2, 0.25) is 0 Å². The summed E-state index contributed by atoms with van der Waals surface area (Å²) in [5.41, 5.74) is 10.8. The number of benzene rings is 1. The molecule has 1 rings (SSSR count). The van der Waals surface area contributed by atoms with Crippen LogP contribution in [0.1, 0.15) is 70.6 Å². The average molecular weight is 319 g/mol. The summed E-state index contributed by atoms with van der Waals surface area (Å²) in [6.07, 6.45) is 4.28. The van der Waals surface area contributed by atoms with Crippen LogP contribution in [0, 0.1) is 5.92 Å². The third-order valence-corrected chi connectivity index (χ3v) is 3.86. The standard InChI is InChI=1S/C17H25N3O3/c1-3-5-6-11(4-2)10-20-17(23)14-8-12(15(18)21)7-13(9-14)16(19)22/h7-9,11H,3-6,10H2,1-2H3,(H2,18,21)(H2,19,22)(H,20,23). The SMILES string of the molecule is CCCCC(CC)CNC(=O)c1cc(C(N)=O)cc(C(N)=O)c1. The fourth-order valence-corrected chi connectivity index (χ4v) is 2.33. The van der Waals surface area contributed by atoms with Crippen molar-refractivity contribution in [3.05, 3.63) is 34.9 Å². The highest BCUT2D eigenvalue weighted by molar-refractivity contribution is 6.03. The molecule has 1 aromatic rings. The highest BCUT2D eigenvalue weighted by Crippen LogP contribution is 2.13. The molecule has 0 radical (unpaired) electrons. The molecule has 0 heterocycles. The lowest BCUT2D eigenvalue weighted by molar-refractivity contribution is 0.0945. The van der Waals surface area contributed by atoms with Crippen molar-refractivity contribution in [1.29, 1.82) is 0 Å². The van der Waals surface area contributed by atoms with Gasteiger partial charge in [0.15, 0.2) is 0 Å². The van der Waals surface area contributed by atoms with Crippen LogP contribution in [-0.2, 0) is 0 Å². The van der Waals surface area contributed by atoms with Gasteiger partial charge in [-0.15, -0.1) is 0 Å². The Morgan fingerprint density at radius 2 is 1.52 bits per heavy atom. The topological polar surface area (TPSA) is 115 Å². The number of amides is 3. The van der Waals surface area contributed by atoms with Gasteiger partial charge in [-0.05, 0) is 30.5 Å². The third-order valence-electron chi connectivity index (χ3n) is 3.86. The van der Waals surface area contributed by atoms with Crippen molar-refractivity contribution < 1.29 is 14.4 Å². The zero-order chi connectivity index (χ0) is 17.4. The number of hydrogen-bond acceptors (Lipinski definition) is 3. The zero-order valence-corrected chi connectivity index (χ0v) is 13.7. The minimum atomic E-state index is -0.712. The lowest BCUT2D eigenvalue weighted by Gasteiger charge is -2.15. The number of nitrogens with two attached hydrogens (primary N) is 2. The summed E-state index contributed by atoms with van der Waals surface area (Å²) in [5.74, 6) is -1.35. The van der Waals surface area contributed by atoms with E-state index in [1.807, 2.05) is 0 Å². The van der Waals surface area contributed by atoms with Crippen molar-refractivity contribution in [3.8, 4) is 0 Å². The predicted octanol–water partition coefficient (Wildman–Crippen LogP) is 1.83. The minimum Gasteiger partial charge on any atom is -0.366 e. The number of carbonyl (C=O) groups is 3. The average Bonchev–Trinajstić information content (AvgIpc) is 2.54. The minimum absolute atomic E-state index is 0.0875. The van der Waals surface area contributed by atoms with Gasteiger partial charge >= 0.3 is 0 Å². The third kappa shape index (κ3) is 5.73. The van der Waals surface area contributed by atoms with E-state index in [2.05, 4.69) is 19.2 Å². The second-order valence-electron chi connectivity index (χ2n) is 5.65. The summed E-state index contributed by atoms with van der Waals surface area (Å²) < 4.78 is 0. The maximum Gasteiger partial charge on any atom is 0.251 e. The van der Waals surface area contributed by atoms with Gasteiger partial charge in [0, 0.05) is 23.2 Å².